The van der Waals surface area contributed by atoms with Crippen LogP contribution >= 0.6 is 24.8 Å². The number of benzene rings is 1. The first-order valence-electron chi connectivity index (χ1n) is 9.47. The molecule has 29 heavy (non-hydrogen) atoms. The molecule has 2 aliphatic heterocycles. The summed E-state index contributed by atoms with van der Waals surface area (Å²) in [7, 11) is 0. The average Bonchev–Trinajstić information content (AvgIpc) is 3.09. The van der Waals surface area contributed by atoms with E-state index >= 15 is 0 Å². The third-order valence-corrected chi connectivity index (χ3v) is 6.06. The van der Waals surface area contributed by atoms with Gasteiger partial charge in [-0.3, -0.25) is 4.79 Å². The first-order chi connectivity index (χ1) is 12.8. The van der Waals surface area contributed by atoms with Crippen molar-refractivity contribution in [3.8, 4) is 5.75 Å². The number of nitrogens with one attached hydrogen (secondary N) is 2. The number of piperidine rings is 1. The maximum absolute atomic E-state index is 12.6. The van der Waals surface area contributed by atoms with E-state index in [-0.39, 0.29) is 53.8 Å². The molecule has 0 radical (unpaired) electrons. The molecule has 2 N–H and O–H groups in total. The Hall–Kier alpha value is -1.38. The zero-order chi connectivity index (χ0) is 19.1. The summed E-state index contributed by atoms with van der Waals surface area (Å²) in [5.74, 6) is 0.0355. The lowest BCUT2D eigenvalue weighted by Crippen LogP contribution is -2.40. The first-order valence-corrected chi connectivity index (χ1v) is 9.47. The molecule has 1 aliphatic carbocycles. The molecule has 164 valence electrons. The van der Waals surface area contributed by atoms with Crippen LogP contribution in [0.15, 0.2) is 24.3 Å². The maximum atomic E-state index is 12.6. The summed E-state index contributed by atoms with van der Waals surface area (Å²) in [5.41, 5.74) is 0.881. The summed E-state index contributed by atoms with van der Waals surface area (Å²) < 4.78 is 41.2. The van der Waals surface area contributed by atoms with E-state index in [4.69, 9.17) is 0 Å². The van der Waals surface area contributed by atoms with Crippen molar-refractivity contribution < 1.29 is 22.7 Å². The number of nitrogens with zero attached hydrogens (tertiary/aromatic N) is 1. The van der Waals surface area contributed by atoms with Crippen LogP contribution in [0.4, 0.5) is 18.9 Å². The predicted molar refractivity (Wildman–Crippen MR) is 109 cm³/mol. The van der Waals surface area contributed by atoms with Crippen LogP contribution in [-0.2, 0) is 4.79 Å². The smallest absolute Gasteiger partial charge is 0.406 e. The molecule has 3 fully saturated rings. The van der Waals surface area contributed by atoms with E-state index in [1.807, 2.05) is 4.90 Å². The standard InChI is InChI=1S/C19H24F3N3O2.2ClH/c20-19(21,22)27-15-3-1-2-14(10-15)25-9-4-13(12-25)24-17(26)16-11-18(16)5-7-23-8-6-18;;/h1-3,10,13,16,23H,4-9,11-12H2,(H,24,26);2*1H. The Labute approximate surface area is 180 Å². The lowest BCUT2D eigenvalue weighted by Gasteiger charge is -2.24. The topological polar surface area (TPSA) is 53.6 Å². The molecule has 1 spiro atoms. The minimum atomic E-state index is -4.70. The van der Waals surface area contributed by atoms with Gasteiger partial charge in [-0.05, 0) is 56.3 Å². The molecule has 0 bridgehead atoms. The van der Waals surface area contributed by atoms with Crippen LogP contribution < -0.4 is 20.3 Å². The van der Waals surface area contributed by atoms with Crippen LogP contribution in [0.1, 0.15) is 25.7 Å². The molecule has 1 amide bonds. The van der Waals surface area contributed by atoms with E-state index in [2.05, 4.69) is 15.4 Å². The van der Waals surface area contributed by atoms with Gasteiger partial charge in [0.15, 0.2) is 0 Å². The van der Waals surface area contributed by atoms with E-state index in [0.29, 0.717) is 18.8 Å². The molecule has 2 saturated heterocycles. The van der Waals surface area contributed by atoms with Crippen LogP contribution in [-0.4, -0.2) is 44.5 Å². The number of amides is 1. The highest BCUT2D eigenvalue weighted by Crippen LogP contribution is 2.58. The highest BCUT2D eigenvalue weighted by Gasteiger charge is 2.57. The molecule has 2 atom stereocenters. The van der Waals surface area contributed by atoms with Gasteiger partial charge in [0.25, 0.3) is 0 Å². The SMILES string of the molecule is Cl.Cl.O=C(NC1CCN(c2cccc(OC(F)(F)F)c2)C1)C1CC12CCNCC2. The van der Waals surface area contributed by atoms with Gasteiger partial charge in [-0.15, -0.1) is 38.0 Å². The summed E-state index contributed by atoms with van der Waals surface area (Å²) >= 11 is 0. The van der Waals surface area contributed by atoms with Crippen LogP contribution in [0.3, 0.4) is 0 Å². The minimum Gasteiger partial charge on any atom is -0.406 e. The quantitative estimate of drug-likeness (QED) is 0.729. The fourth-order valence-electron chi connectivity index (χ4n) is 4.49. The number of hydrogen-bond acceptors (Lipinski definition) is 4. The zero-order valence-electron chi connectivity index (χ0n) is 15.8. The summed E-state index contributed by atoms with van der Waals surface area (Å²) in [6.07, 6.45) is -0.804. The zero-order valence-corrected chi connectivity index (χ0v) is 17.5. The van der Waals surface area contributed by atoms with Gasteiger partial charge in [0.1, 0.15) is 5.75 Å². The van der Waals surface area contributed by atoms with Gasteiger partial charge in [0.05, 0.1) is 0 Å². The molecular formula is C19H26Cl2F3N3O2. The third kappa shape index (κ3) is 5.61. The van der Waals surface area contributed by atoms with Gasteiger partial charge < -0.3 is 20.3 Å². The number of halogens is 5. The molecule has 1 saturated carbocycles. The van der Waals surface area contributed by atoms with Crippen LogP contribution in [0, 0.1) is 11.3 Å². The van der Waals surface area contributed by atoms with Crippen molar-refractivity contribution in [3.63, 3.8) is 0 Å². The van der Waals surface area contributed by atoms with Gasteiger partial charge in [-0.2, -0.15) is 0 Å². The Bertz CT molecular complexity index is 714. The normalized spacial score (nSPS) is 25.0. The van der Waals surface area contributed by atoms with Gasteiger partial charge in [-0.1, -0.05) is 6.07 Å². The van der Waals surface area contributed by atoms with Crippen molar-refractivity contribution in [2.24, 2.45) is 11.3 Å². The lowest BCUT2D eigenvalue weighted by molar-refractivity contribution is -0.274. The molecular weight excluding hydrogens is 430 g/mol. The molecule has 4 rings (SSSR count). The fourth-order valence-corrected chi connectivity index (χ4v) is 4.49. The van der Waals surface area contributed by atoms with E-state index in [9.17, 15) is 18.0 Å². The molecule has 1 aromatic carbocycles. The Balaban J connectivity index is 0.00000150. The number of rotatable bonds is 4. The molecule has 1 aromatic rings. The number of ether oxygens (including phenoxy) is 1. The average molecular weight is 456 g/mol. The third-order valence-electron chi connectivity index (χ3n) is 6.06. The minimum absolute atomic E-state index is 0. The first kappa shape index (κ1) is 23.9. The van der Waals surface area contributed by atoms with Crippen LogP contribution in [0.2, 0.25) is 0 Å². The van der Waals surface area contributed by atoms with Crippen molar-refractivity contribution in [3.05, 3.63) is 24.3 Å². The number of alkyl halides is 3. The van der Waals surface area contributed by atoms with Crippen molar-refractivity contribution in [2.75, 3.05) is 31.1 Å². The molecule has 5 nitrogen and oxygen atoms in total. The van der Waals surface area contributed by atoms with Crippen molar-refractivity contribution in [2.45, 2.75) is 38.1 Å². The summed E-state index contributed by atoms with van der Waals surface area (Å²) in [6, 6.07) is 6.02. The van der Waals surface area contributed by atoms with Gasteiger partial charge in [-0.25, -0.2) is 0 Å². The summed E-state index contributed by atoms with van der Waals surface area (Å²) in [5, 5.41) is 6.49. The van der Waals surface area contributed by atoms with Crippen LogP contribution in [0.25, 0.3) is 0 Å². The van der Waals surface area contributed by atoms with E-state index in [1.165, 1.54) is 12.1 Å². The number of carbonyl (C=O) groups excluding carboxylic acids is 1. The van der Waals surface area contributed by atoms with Crippen molar-refractivity contribution >= 4 is 36.4 Å². The Kier molecular flexibility index (Phi) is 7.57. The van der Waals surface area contributed by atoms with Gasteiger partial charge >= 0.3 is 6.36 Å². The van der Waals surface area contributed by atoms with E-state index in [0.717, 1.165) is 38.8 Å². The summed E-state index contributed by atoms with van der Waals surface area (Å²) in [6.45, 7) is 3.26. The van der Waals surface area contributed by atoms with Gasteiger partial charge in [0.2, 0.25) is 5.91 Å². The van der Waals surface area contributed by atoms with E-state index in [1.54, 1.807) is 12.1 Å². The number of carbonyl (C=O) groups is 1. The Morgan fingerprint density at radius 3 is 2.66 bits per heavy atom. The Morgan fingerprint density at radius 2 is 1.97 bits per heavy atom. The lowest BCUT2D eigenvalue weighted by atomic mass is 9.91. The highest BCUT2D eigenvalue weighted by molar-refractivity contribution is 5.85. The van der Waals surface area contributed by atoms with Crippen molar-refractivity contribution in [1.29, 1.82) is 0 Å². The second-order valence-corrected chi connectivity index (χ2v) is 7.85. The van der Waals surface area contributed by atoms with Crippen LogP contribution in [0.5, 0.6) is 5.75 Å². The second kappa shape index (κ2) is 9.18. The molecule has 3 aliphatic rings. The molecule has 0 aromatic heterocycles. The largest absolute Gasteiger partial charge is 0.573 e. The van der Waals surface area contributed by atoms with E-state index < -0.39 is 6.36 Å². The fraction of sp³-hybridized carbons (Fsp3) is 0.632. The molecule has 2 unspecified atom stereocenters. The number of anilines is 1. The van der Waals surface area contributed by atoms with Gasteiger partial charge in [0, 0.05) is 36.8 Å². The Morgan fingerprint density at radius 1 is 1.24 bits per heavy atom. The monoisotopic (exact) mass is 455 g/mol. The van der Waals surface area contributed by atoms with Crippen molar-refractivity contribution in [1.82, 2.24) is 10.6 Å². The molecule has 2 heterocycles. The summed E-state index contributed by atoms with van der Waals surface area (Å²) in [4.78, 5) is 14.6. The number of hydrogen-bond donors (Lipinski definition) is 2. The maximum Gasteiger partial charge on any atom is 0.573 e. The second-order valence-electron chi connectivity index (χ2n) is 7.85. The molecule has 10 heteroatoms. The predicted octanol–water partition coefficient (Wildman–Crippen LogP) is 3.51. The highest BCUT2D eigenvalue weighted by atomic mass is 35.5.